The van der Waals surface area contributed by atoms with Gasteiger partial charge in [-0.15, -0.1) is 0 Å². The van der Waals surface area contributed by atoms with Gasteiger partial charge in [-0.2, -0.15) is 5.26 Å². The Morgan fingerprint density at radius 1 is 1.23 bits per heavy atom. The Hall–Kier alpha value is -3.25. The zero-order chi connectivity index (χ0) is 21.9. The van der Waals surface area contributed by atoms with Gasteiger partial charge in [-0.25, -0.2) is 19.7 Å². The molecule has 2 N–H and O–H groups in total. The van der Waals surface area contributed by atoms with Crippen LogP contribution < -0.4 is 10.6 Å². The smallest absolute Gasteiger partial charge is 0.341 e. The fourth-order valence-corrected chi connectivity index (χ4v) is 3.08. The summed E-state index contributed by atoms with van der Waals surface area (Å²) in [5.74, 6) is 0.500. The highest BCUT2D eigenvalue weighted by molar-refractivity contribution is 5.95. The predicted octanol–water partition coefficient (Wildman–Crippen LogP) is 3.20. The van der Waals surface area contributed by atoms with Crippen molar-refractivity contribution in [1.82, 2.24) is 19.9 Å². The summed E-state index contributed by atoms with van der Waals surface area (Å²) in [5, 5.41) is 15.2. The van der Waals surface area contributed by atoms with Crippen LogP contribution in [0.25, 0.3) is 0 Å². The second kappa shape index (κ2) is 11.7. The molecule has 0 spiro atoms. The second-order valence-electron chi connectivity index (χ2n) is 6.83. The molecule has 30 heavy (non-hydrogen) atoms. The summed E-state index contributed by atoms with van der Waals surface area (Å²) >= 11 is 0. The maximum atomic E-state index is 12.1. The van der Waals surface area contributed by atoms with Crippen molar-refractivity contribution in [3.05, 3.63) is 35.9 Å². The summed E-state index contributed by atoms with van der Waals surface area (Å²) < 4.78 is 4.87. The molecular formula is C21H29N7O2. The molecule has 0 aliphatic carbocycles. The van der Waals surface area contributed by atoms with Crippen molar-refractivity contribution in [1.29, 1.82) is 5.26 Å². The number of hydrogen-bond donors (Lipinski definition) is 2. The van der Waals surface area contributed by atoms with E-state index in [2.05, 4.69) is 51.4 Å². The van der Waals surface area contributed by atoms with Gasteiger partial charge in [-0.3, -0.25) is 0 Å². The quantitative estimate of drug-likeness (QED) is 0.425. The summed E-state index contributed by atoms with van der Waals surface area (Å²) in [4.78, 5) is 26.8. The molecule has 9 heteroatoms. The van der Waals surface area contributed by atoms with Crippen LogP contribution in [0.1, 0.15) is 49.2 Å². The largest absolute Gasteiger partial charge is 0.465 e. The average molecular weight is 412 g/mol. The van der Waals surface area contributed by atoms with E-state index in [0.717, 1.165) is 32.4 Å². The number of nitriles is 1. The third kappa shape index (κ3) is 6.39. The minimum absolute atomic E-state index is 0.232. The number of ether oxygens (including phenoxy) is 1. The molecule has 2 aromatic rings. The minimum atomic E-state index is -0.452. The van der Waals surface area contributed by atoms with Crippen LogP contribution in [0.3, 0.4) is 0 Å². The van der Waals surface area contributed by atoms with Crippen molar-refractivity contribution in [3.8, 4) is 6.07 Å². The summed E-state index contributed by atoms with van der Waals surface area (Å²) in [5.41, 5.74) is 1.24. The number of nitrogens with zero attached hydrogens (tertiary/aromatic N) is 5. The van der Waals surface area contributed by atoms with Crippen molar-refractivity contribution < 1.29 is 9.53 Å². The minimum Gasteiger partial charge on any atom is -0.465 e. The Morgan fingerprint density at radius 2 is 2.00 bits per heavy atom. The molecule has 0 bridgehead atoms. The van der Waals surface area contributed by atoms with Crippen LogP contribution >= 0.6 is 0 Å². The molecule has 2 rings (SSSR count). The fraction of sp³-hybridized carbons (Fsp3) is 0.476. The van der Waals surface area contributed by atoms with Gasteiger partial charge in [0.15, 0.2) is 5.69 Å². The summed E-state index contributed by atoms with van der Waals surface area (Å²) in [7, 11) is 3.49. The first kappa shape index (κ1) is 23.0. The Labute approximate surface area is 177 Å². The van der Waals surface area contributed by atoms with Gasteiger partial charge in [-0.1, -0.05) is 13.8 Å². The topological polar surface area (TPSA) is 116 Å². The molecule has 0 radical (unpaired) electrons. The van der Waals surface area contributed by atoms with Crippen LogP contribution in [0.2, 0.25) is 0 Å². The number of carbonyl (C=O) groups excluding carboxylic acids is 1. The zero-order valence-electron chi connectivity index (χ0n) is 18.0. The molecule has 0 fully saturated rings. The van der Waals surface area contributed by atoms with E-state index in [1.165, 1.54) is 25.7 Å². The van der Waals surface area contributed by atoms with Gasteiger partial charge in [0.25, 0.3) is 0 Å². The lowest BCUT2D eigenvalue weighted by Crippen LogP contribution is -2.31. The molecule has 0 aromatic carbocycles. The molecule has 0 aliphatic rings. The molecular weight excluding hydrogens is 382 g/mol. The van der Waals surface area contributed by atoms with Crippen LogP contribution in [-0.2, 0) is 4.74 Å². The van der Waals surface area contributed by atoms with E-state index in [1.54, 1.807) is 6.07 Å². The van der Waals surface area contributed by atoms with E-state index < -0.39 is 5.97 Å². The summed E-state index contributed by atoms with van der Waals surface area (Å²) in [6.07, 6.45) is 7.44. The summed E-state index contributed by atoms with van der Waals surface area (Å²) in [6, 6.07) is 4.20. The molecule has 2 aromatic heterocycles. The monoisotopic (exact) mass is 411 g/mol. The highest BCUT2D eigenvalue weighted by atomic mass is 16.5. The second-order valence-corrected chi connectivity index (χ2v) is 6.83. The van der Waals surface area contributed by atoms with E-state index in [1.807, 2.05) is 6.07 Å². The van der Waals surface area contributed by atoms with E-state index in [9.17, 15) is 4.79 Å². The Balaban J connectivity index is 2.08. The molecule has 160 valence electrons. The lowest BCUT2D eigenvalue weighted by atomic mass is 10.1. The van der Waals surface area contributed by atoms with Crippen LogP contribution in [0.4, 0.5) is 17.3 Å². The first-order valence-corrected chi connectivity index (χ1v) is 10.0. The lowest BCUT2D eigenvalue weighted by Gasteiger charge is -2.25. The Morgan fingerprint density at radius 3 is 2.60 bits per heavy atom. The zero-order valence-corrected chi connectivity index (χ0v) is 18.0. The van der Waals surface area contributed by atoms with Gasteiger partial charge in [-0.05, 0) is 32.9 Å². The van der Waals surface area contributed by atoms with Crippen molar-refractivity contribution in [2.45, 2.75) is 39.2 Å². The van der Waals surface area contributed by atoms with Crippen LogP contribution in [0.15, 0.2) is 24.7 Å². The van der Waals surface area contributed by atoms with Crippen molar-refractivity contribution in [3.63, 3.8) is 0 Å². The van der Waals surface area contributed by atoms with Crippen LogP contribution in [0.5, 0.6) is 0 Å². The third-order valence-electron chi connectivity index (χ3n) is 4.95. The highest BCUT2D eigenvalue weighted by Gasteiger charge is 2.15. The van der Waals surface area contributed by atoms with Crippen molar-refractivity contribution >= 4 is 23.3 Å². The Kier molecular flexibility index (Phi) is 8.97. The maximum absolute atomic E-state index is 12.1. The SMILES string of the molecule is CCC(CCCNc1cc(Nc2cnc(C#N)cn2)ncc1C(=O)OC)N(C)CC. The normalized spacial score (nSPS) is 11.6. The van der Waals surface area contributed by atoms with Crippen LogP contribution in [-0.4, -0.2) is 59.1 Å². The van der Waals surface area contributed by atoms with Crippen molar-refractivity contribution in [2.24, 2.45) is 0 Å². The highest BCUT2D eigenvalue weighted by Crippen LogP contribution is 2.22. The first-order chi connectivity index (χ1) is 14.5. The Bertz CT molecular complexity index is 865. The van der Waals surface area contributed by atoms with Crippen LogP contribution in [0, 0.1) is 11.3 Å². The molecule has 1 unspecified atom stereocenters. The maximum Gasteiger partial charge on any atom is 0.341 e. The number of hydrogen-bond acceptors (Lipinski definition) is 9. The molecule has 0 saturated heterocycles. The number of anilines is 3. The van der Waals surface area contributed by atoms with Gasteiger partial charge in [0.2, 0.25) is 0 Å². The number of rotatable bonds is 11. The van der Waals surface area contributed by atoms with Gasteiger partial charge < -0.3 is 20.3 Å². The number of esters is 1. The molecule has 0 amide bonds. The number of methoxy groups -OCH3 is 1. The number of carbonyl (C=O) groups is 1. The molecule has 9 nitrogen and oxygen atoms in total. The first-order valence-electron chi connectivity index (χ1n) is 10.0. The van der Waals surface area contributed by atoms with Gasteiger partial charge in [0.05, 0.1) is 25.2 Å². The van der Waals surface area contributed by atoms with Crippen molar-refractivity contribution in [2.75, 3.05) is 37.9 Å². The standard InChI is InChI=1S/C21H29N7O2/c1-5-16(28(3)6-2)8-7-9-23-18-10-19(26-13-17(18)21(29)30-4)27-20-14-24-15(11-22)12-25-20/h10,12-14,16H,5-9H2,1-4H3,(H2,23,25,26,27). The molecule has 1 atom stereocenters. The third-order valence-corrected chi connectivity index (χ3v) is 4.95. The van der Waals surface area contributed by atoms with E-state index >= 15 is 0 Å². The molecule has 2 heterocycles. The number of nitrogens with one attached hydrogen (secondary N) is 2. The fourth-order valence-electron chi connectivity index (χ4n) is 3.08. The lowest BCUT2D eigenvalue weighted by molar-refractivity contribution is 0.0601. The van der Waals surface area contributed by atoms with E-state index in [-0.39, 0.29) is 5.69 Å². The number of pyridine rings is 1. The van der Waals surface area contributed by atoms with E-state index in [4.69, 9.17) is 10.00 Å². The average Bonchev–Trinajstić information content (AvgIpc) is 2.78. The predicted molar refractivity (Wildman–Crippen MR) is 116 cm³/mol. The molecule has 0 saturated carbocycles. The number of aromatic nitrogens is 3. The van der Waals surface area contributed by atoms with Gasteiger partial charge in [0.1, 0.15) is 23.3 Å². The summed E-state index contributed by atoms with van der Waals surface area (Å²) in [6.45, 7) is 6.11. The van der Waals surface area contributed by atoms with E-state index in [0.29, 0.717) is 28.9 Å². The van der Waals surface area contributed by atoms with Gasteiger partial charge in [0, 0.05) is 24.8 Å². The molecule has 0 aliphatic heterocycles. The van der Waals surface area contributed by atoms with Gasteiger partial charge >= 0.3 is 5.97 Å².